The van der Waals surface area contributed by atoms with Gasteiger partial charge in [0, 0.05) is 39.3 Å². The topological polar surface area (TPSA) is 119 Å². The molecule has 11 nitrogen and oxygen atoms in total. The van der Waals surface area contributed by atoms with Crippen LogP contribution in [0.2, 0.25) is 0 Å². The molecule has 0 aromatic heterocycles. The first-order chi connectivity index (χ1) is 18.1. The molecule has 6 fully saturated rings. The summed E-state index contributed by atoms with van der Waals surface area (Å²) >= 11 is 0. The van der Waals surface area contributed by atoms with Crippen molar-refractivity contribution in [2.24, 2.45) is 0 Å². The smallest absolute Gasteiger partial charge is 0.256 e. The van der Waals surface area contributed by atoms with Gasteiger partial charge in [-0.2, -0.15) is 0 Å². The summed E-state index contributed by atoms with van der Waals surface area (Å²) in [5.41, 5.74) is 1.57. The summed E-state index contributed by atoms with van der Waals surface area (Å²) in [6.07, 6.45) is 0.368. The van der Waals surface area contributed by atoms with Crippen LogP contribution in [0.15, 0.2) is 18.2 Å². The van der Waals surface area contributed by atoms with Gasteiger partial charge in [0.15, 0.2) is 0 Å². The molecule has 0 saturated carbocycles. The second kappa shape index (κ2) is 9.79. The van der Waals surface area contributed by atoms with Gasteiger partial charge in [0.25, 0.3) is 11.8 Å². The number of carbonyl (C=O) groups excluding carboxylic acids is 2. The van der Waals surface area contributed by atoms with Crippen LogP contribution >= 0.6 is 0 Å². The maximum Gasteiger partial charge on any atom is 0.256 e. The molecule has 11 heteroatoms. The molecule has 6 atom stereocenters. The van der Waals surface area contributed by atoms with Gasteiger partial charge >= 0.3 is 0 Å². The van der Waals surface area contributed by atoms with Crippen LogP contribution in [0.25, 0.3) is 0 Å². The lowest BCUT2D eigenvalue weighted by Gasteiger charge is -2.30. The number of benzene rings is 1. The third-order valence-corrected chi connectivity index (χ3v) is 7.36. The Balaban J connectivity index is 1.25. The molecular formula is C26H33N3O8. The predicted molar refractivity (Wildman–Crippen MR) is 129 cm³/mol. The molecule has 0 radical (unpaired) electrons. The Morgan fingerprint density at radius 2 is 0.973 bits per heavy atom. The number of amides is 2. The van der Waals surface area contributed by atoms with Crippen LogP contribution in [0.4, 0.5) is 5.69 Å². The Bertz CT molecular complexity index is 989. The Hall–Kier alpha value is -2.28. The minimum atomic E-state index is -0.174. The molecular weight excluding hydrogens is 482 g/mol. The molecule has 1 aromatic carbocycles. The monoisotopic (exact) mass is 515 g/mol. The van der Waals surface area contributed by atoms with Crippen LogP contribution < -0.4 is 4.90 Å². The van der Waals surface area contributed by atoms with E-state index in [1.165, 1.54) is 0 Å². The SMILES string of the molecule is O=C(c1cccc(N(CC2CO2)CC2CO2)c1C(=O)N(CC1CO1)CC1CO1)N(CC1CO1)CC1CO1. The molecule has 6 saturated heterocycles. The molecule has 0 spiro atoms. The number of epoxide rings is 6. The summed E-state index contributed by atoms with van der Waals surface area (Å²) in [7, 11) is 0. The minimum absolute atomic E-state index is 0.0281. The van der Waals surface area contributed by atoms with Crippen molar-refractivity contribution in [3.63, 3.8) is 0 Å². The quantitative estimate of drug-likeness (QED) is 0.292. The lowest BCUT2D eigenvalue weighted by atomic mass is 10.00. The molecule has 6 aliphatic rings. The van der Waals surface area contributed by atoms with Crippen LogP contribution in [-0.4, -0.2) is 137 Å². The number of hydrogen-bond donors (Lipinski definition) is 0. The van der Waals surface area contributed by atoms with E-state index in [0.29, 0.717) is 90.0 Å². The molecule has 37 heavy (non-hydrogen) atoms. The highest BCUT2D eigenvalue weighted by atomic mass is 16.6. The van der Waals surface area contributed by atoms with Gasteiger partial charge in [0.05, 0.1) is 93.1 Å². The number of hydrogen-bond acceptors (Lipinski definition) is 9. The molecule has 0 N–H and O–H groups in total. The first kappa shape index (κ1) is 23.8. The Labute approximate surface area is 215 Å². The number of carbonyl (C=O) groups is 2. The first-order valence-corrected chi connectivity index (χ1v) is 13.3. The number of ether oxygens (including phenoxy) is 6. The largest absolute Gasteiger partial charge is 0.371 e. The molecule has 0 bridgehead atoms. The third kappa shape index (κ3) is 6.24. The maximum absolute atomic E-state index is 14.3. The molecule has 6 unspecified atom stereocenters. The van der Waals surface area contributed by atoms with Gasteiger partial charge in [-0.05, 0) is 12.1 Å². The van der Waals surface area contributed by atoms with Crippen molar-refractivity contribution in [1.29, 1.82) is 0 Å². The highest BCUT2D eigenvalue weighted by Crippen LogP contribution is 2.32. The minimum Gasteiger partial charge on any atom is -0.371 e. The molecule has 1 aromatic rings. The van der Waals surface area contributed by atoms with E-state index in [0.717, 1.165) is 5.69 Å². The number of anilines is 1. The van der Waals surface area contributed by atoms with E-state index < -0.39 is 0 Å². The number of rotatable bonds is 15. The molecule has 2 amide bonds. The highest BCUT2D eigenvalue weighted by molar-refractivity contribution is 6.11. The van der Waals surface area contributed by atoms with E-state index in [2.05, 4.69) is 4.90 Å². The summed E-state index contributed by atoms with van der Waals surface area (Å²) in [5.74, 6) is -0.347. The van der Waals surface area contributed by atoms with Crippen molar-refractivity contribution >= 4 is 17.5 Å². The van der Waals surface area contributed by atoms with Crippen molar-refractivity contribution in [3.05, 3.63) is 29.3 Å². The second-order valence-electron chi connectivity index (χ2n) is 10.8. The van der Waals surface area contributed by atoms with E-state index in [4.69, 9.17) is 28.4 Å². The fraction of sp³-hybridized carbons (Fsp3) is 0.692. The normalized spacial score (nSPS) is 31.9. The lowest BCUT2D eigenvalue weighted by molar-refractivity contribution is 0.0692. The molecule has 200 valence electrons. The van der Waals surface area contributed by atoms with E-state index in [1.807, 2.05) is 12.1 Å². The van der Waals surface area contributed by atoms with Crippen molar-refractivity contribution in [2.75, 3.05) is 83.8 Å². The zero-order chi connectivity index (χ0) is 24.9. The maximum atomic E-state index is 14.3. The average molecular weight is 516 g/mol. The molecule has 0 aliphatic carbocycles. The van der Waals surface area contributed by atoms with Gasteiger partial charge in [-0.25, -0.2) is 0 Å². The van der Waals surface area contributed by atoms with Crippen LogP contribution in [0.3, 0.4) is 0 Å². The summed E-state index contributed by atoms with van der Waals surface area (Å²) in [6.45, 7) is 7.20. The summed E-state index contributed by atoms with van der Waals surface area (Å²) < 4.78 is 32.9. The molecule has 6 aliphatic heterocycles. The van der Waals surface area contributed by atoms with Crippen LogP contribution in [-0.2, 0) is 28.4 Å². The highest BCUT2D eigenvalue weighted by Gasteiger charge is 2.40. The summed E-state index contributed by atoms with van der Waals surface area (Å²) in [4.78, 5) is 34.1. The first-order valence-electron chi connectivity index (χ1n) is 13.3. The average Bonchev–Trinajstić information content (AvgIpc) is 3.67. The van der Waals surface area contributed by atoms with E-state index >= 15 is 0 Å². The zero-order valence-corrected chi connectivity index (χ0v) is 20.8. The van der Waals surface area contributed by atoms with Gasteiger partial charge < -0.3 is 43.1 Å². The van der Waals surface area contributed by atoms with Gasteiger partial charge in [-0.1, -0.05) is 6.07 Å². The van der Waals surface area contributed by atoms with Crippen LogP contribution in [0.1, 0.15) is 20.7 Å². The van der Waals surface area contributed by atoms with Gasteiger partial charge in [0.2, 0.25) is 0 Å². The van der Waals surface area contributed by atoms with Crippen molar-refractivity contribution in [3.8, 4) is 0 Å². The Kier molecular flexibility index (Phi) is 6.30. The fourth-order valence-electron chi connectivity index (χ4n) is 4.80. The van der Waals surface area contributed by atoms with E-state index in [1.54, 1.807) is 15.9 Å². The van der Waals surface area contributed by atoms with Gasteiger partial charge in [0.1, 0.15) is 0 Å². The van der Waals surface area contributed by atoms with Gasteiger partial charge in [-0.15, -0.1) is 0 Å². The summed E-state index contributed by atoms with van der Waals surface area (Å²) in [5, 5.41) is 0. The van der Waals surface area contributed by atoms with Gasteiger partial charge in [-0.3, -0.25) is 9.59 Å². The van der Waals surface area contributed by atoms with Crippen molar-refractivity contribution in [1.82, 2.24) is 9.80 Å². The number of nitrogens with zero attached hydrogens (tertiary/aromatic N) is 3. The standard InChI is InChI=1S/C26H33N3O8/c30-25(28(6-18-12-34-18)7-19-13-35-19)22-2-1-3-23(27(4-16-10-32-16)5-17-11-33-17)24(22)26(31)29(8-20-14-36-20)9-21-15-37-21/h1-3,16-21H,4-15H2. The van der Waals surface area contributed by atoms with E-state index in [9.17, 15) is 9.59 Å². The van der Waals surface area contributed by atoms with E-state index in [-0.39, 0.29) is 48.4 Å². The lowest BCUT2D eigenvalue weighted by Crippen LogP contribution is -2.42. The second-order valence-corrected chi connectivity index (χ2v) is 10.8. The van der Waals surface area contributed by atoms with Crippen LogP contribution in [0.5, 0.6) is 0 Å². The zero-order valence-electron chi connectivity index (χ0n) is 20.8. The van der Waals surface area contributed by atoms with Crippen molar-refractivity contribution < 1.29 is 38.0 Å². The Morgan fingerprint density at radius 3 is 1.38 bits per heavy atom. The fourth-order valence-corrected chi connectivity index (χ4v) is 4.80. The summed E-state index contributed by atoms with van der Waals surface area (Å²) in [6, 6.07) is 5.57. The third-order valence-electron chi connectivity index (χ3n) is 7.36. The van der Waals surface area contributed by atoms with Crippen molar-refractivity contribution in [2.45, 2.75) is 36.6 Å². The van der Waals surface area contributed by atoms with Crippen LogP contribution in [0, 0.1) is 0 Å². The molecule has 7 rings (SSSR count). The Morgan fingerprint density at radius 1 is 0.595 bits per heavy atom. The molecule has 6 heterocycles. The predicted octanol–water partition coefficient (Wildman–Crippen LogP) is -0.230.